The molecule has 0 aromatic heterocycles. The van der Waals surface area contributed by atoms with Crippen molar-refractivity contribution in [2.75, 3.05) is 13.7 Å². The van der Waals surface area contributed by atoms with Crippen LogP contribution in [0.3, 0.4) is 0 Å². The fourth-order valence-corrected chi connectivity index (χ4v) is 11.3. The summed E-state index contributed by atoms with van der Waals surface area (Å²) in [5.41, 5.74) is 8.01. The Bertz CT molecular complexity index is 1380. The maximum absolute atomic E-state index is 14.1. The lowest BCUT2D eigenvalue weighted by Crippen LogP contribution is -2.61. The number of carbonyl (C=O) groups is 1. The van der Waals surface area contributed by atoms with E-state index < -0.39 is 18.0 Å². The van der Waals surface area contributed by atoms with Gasteiger partial charge in [-0.3, -0.25) is 4.79 Å². The van der Waals surface area contributed by atoms with Crippen LogP contribution >= 0.6 is 0 Å². The number of Topliss-reactive ketones (excluding diaryl/α,β-unsaturated/α-hetero) is 1. The predicted molar refractivity (Wildman–Crippen MR) is 186 cm³/mol. The predicted octanol–water partition coefficient (Wildman–Crippen LogP) is 3.44. The molecule has 290 valence electrons. The molecule has 0 radical (unpaired) electrons. The first-order valence-corrected chi connectivity index (χ1v) is 20.2. The summed E-state index contributed by atoms with van der Waals surface area (Å²) in [5.74, 6) is -0.619. The van der Waals surface area contributed by atoms with Crippen LogP contribution in [0.25, 0.3) is 0 Å². The van der Waals surface area contributed by atoms with E-state index >= 15 is 0 Å². The molecule has 12 nitrogen and oxygen atoms in total. The minimum absolute atomic E-state index is 0.0158. The molecular weight excluding hydrogens is 670 g/mol. The Morgan fingerprint density at radius 3 is 2.38 bits per heavy atom. The SMILES string of the molecule is C=C1CC2CC[C@@]34CC5OC6C(O3)[C@H]3OC(CCC3O[C@H]6C5O4)CC(=O)CC3[C@@H](OC)C(CC(O)CN)O[C@H]3C[C@H]3OC(CCC1O2)CC(C)C3=C. The summed E-state index contributed by atoms with van der Waals surface area (Å²) in [7, 11) is 1.66. The Balaban J connectivity index is 0.994. The highest BCUT2D eigenvalue weighted by atomic mass is 16.8. The first-order valence-electron chi connectivity index (χ1n) is 20.2. The van der Waals surface area contributed by atoms with Gasteiger partial charge in [0.15, 0.2) is 5.79 Å². The molecule has 10 fully saturated rings. The van der Waals surface area contributed by atoms with Gasteiger partial charge in [0, 0.05) is 58.1 Å². The van der Waals surface area contributed by atoms with Crippen molar-refractivity contribution in [2.24, 2.45) is 17.6 Å². The average molecular weight is 730 g/mol. The van der Waals surface area contributed by atoms with E-state index in [1.54, 1.807) is 7.11 Å². The maximum atomic E-state index is 14.1. The zero-order valence-corrected chi connectivity index (χ0v) is 30.8. The number of rotatable bonds is 4. The lowest BCUT2D eigenvalue weighted by molar-refractivity contribution is -0.292. The molecule has 19 atom stereocenters. The molecule has 0 saturated carbocycles. The van der Waals surface area contributed by atoms with Gasteiger partial charge >= 0.3 is 0 Å². The third kappa shape index (κ3) is 6.59. The van der Waals surface area contributed by atoms with Crippen LogP contribution in [0.1, 0.15) is 90.4 Å². The van der Waals surface area contributed by atoms with Crippen LogP contribution in [-0.2, 0) is 47.4 Å². The van der Waals surface area contributed by atoms with Crippen LogP contribution in [0, 0.1) is 11.8 Å². The molecule has 0 aromatic rings. The van der Waals surface area contributed by atoms with Crippen LogP contribution in [0.2, 0.25) is 0 Å². The van der Waals surface area contributed by atoms with Crippen LogP contribution in [0.4, 0.5) is 0 Å². The van der Waals surface area contributed by atoms with Gasteiger partial charge in [0.05, 0.1) is 67.1 Å². The minimum Gasteiger partial charge on any atom is -0.392 e. The van der Waals surface area contributed by atoms with Gasteiger partial charge in [-0.15, -0.1) is 0 Å². The lowest BCUT2D eigenvalue weighted by Gasteiger charge is -2.47. The largest absolute Gasteiger partial charge is 0.392 e. The highest BCUT2D eigenvalue weighted by Gasteiger charge is 2.68. The van der Waals surface area contributed by atoms with Crippen LogP contribution < -0.4 is 5.73 Å². The second-order valence-corrected chi connectivity index (χ2v) is 17.4. The van der Waals surface area contributed by atoms with Crippen molar-refractivity contribution in [3.63, 3.8) is 0 Å². The zero-order valence-electron chi connectivity index (χ0n) is 30.8. The summed E-state index contributed by atoms with van der Waals surface area (Å²) in [6.45, 7) is 11.3. The standard InChI is InChI=1S/C40H59NO11/c1-19-11-24-5-7-28-20(2)12-26(45-28)9-10-40-17-33-36(51-40)37-38(50-33)39(52-40)35-29(49-37)8-6-25(47-35)13-22(42)14-27-31(16-30(46-24)21(19)3)48-32(34(27)44-4)15-23(43)18-41/h19,23-39,43H,2-3,5-18,41H2,1,4H3/t19?,23?,24?,25?,26?,27?,28?,29?,30-,31+,32?,33?,34-,35+,36?,37+,38?,39?,40+/m1/s1. The molecule has 12 bridgehead atoms. The first kappa shape index (κ1) is 36.4. The quantitative estimate of drug-likeness (QED) is 0.409. The number of hydrogen-bond acceptors (Lipinski definition) is 12. The molecule has 10 heterocycles. The summed E-state index contributed by atoms with van der Waals surface area (Å²) >= 11 is 0. The third-order valence-electron chi connectivity index (χ3n) is 14.0. The number of aliphatic hydroxyl groups is 1. The van der Waals surface area contributed by atoms with Gasteiger partial charge in [0.25, 0.3) is 0 Å². The Morgan fingerprint density at radius 1 is 0.808 bits per heavy atom. The fourth-order valence-electron chi connectivity index (χ4n) is 11.3. The molecule has 10 aliphatic rings. The number of hydrogen-bond donors (Lipinski definition) is 2. The summed E-state index contributed by atoms with van der Waals surface area (Å²) in [5, 5.41) is 10.5. The number of methoxy groups -OCH3 is 1. The molecular formula is C40H59NO11. The van der Waals surface area contributed by atoms with Crippen molar-refractivity contribution < 1.29 is 52.5 Å². The summed E-state index contributed by atoms with van der Waals surface area (Å²) in [6.07, 6.45) is 4.85. The Labute approximate surface area is 307 Å². The van der Waals surface area contributed by atoms with Crippen LogP contribution in [0.15, 0.2) is 24.3 Å². The van der Waals surface area contributed by atoms with Gasteiger partial charge in [0.1, 0.15) is 36.3 Å². The topological polar surface area (TPSA) is 146 Å². The number of ketones is 1. The molecule has 0 aromatic carbocycles. The molecule has 12 heteroatoms. The van der Waals surface area contributed by atoms with Crippen LogP contribution in [-0.4, -0.2) is 128 Å². The highest BCUT2D eigenvalue weighted by Crippen LogP contribution is 2.54. The molecule has 13 unspecified atom stereocenters. The van der Waals surface area contributed by atoms with Crippen molar-refractivity contribution in [2.45, 2.75) is 194 Å². The monoisotopic (exact) mass is 729 g/mol. The van der Waals surface area contributed by atoms with E-state index in [1.165, 1.54) is 0 Å². The van der Waals surface area contributed by atoms with Crippen molar-refractivity contribution in [1.82, 2.24) is 0 Å². The maximum Gasteiger partial charge on any atom is 0.172 e. The summed E-state index contributed by atoms with van der Waals surface area (Å²) < 4.78 is 60.0. The van der Waals surface area contributed by atoms with E-state index in [-0.39, 0.29) is 122 Å². The third-order valence-corrected chi connectivity index (χ3v) is 14.0. The Kier molecular flexibility index (Phi) is 10.0. The summed E-state index contributed by atoms with van der Waals surface area (Å²) in [6, 6.07) is 0. The van der Waals surface area contributed by atoms with Gasteiger partial charge in [-0.2, -0.15) is 0 Å². The molecule has 10 aliphatic heterocycles. The van der Waals surface area contributed by atoms with E-state index in [4.69, 9.17) is 48.4 Å². The minimum atomic E-state index is -0.780. The molecule has 0 aliphatic carbocycles. The number of ether oxygens (including phenoxy) is 9. The van der Waals surface area contributed by atoms with Gasteiger partial charge in [-0.25, -0.2) is 0 Å². The Morgan fingerprint density at radius 2 is 1.56 bits per heavy atom. The average Bonchev–Trinajstić information content (AvgIpc) is 3.79. The zero-order chi connectivity index (χ0) is 35.9. The van der Waals surface area contributed by atoms with Crippen molar-refractivity contribution in [1.29, 1.82) is 0 Å². The number of aliphatic hydroxyl groups excluding tert-OH is 1. The number of nitrogens with two attached hydrogens (primary N) is 1. The second kappa shape index (κ2) is 14.3. The van der Waals surface area contributed by atoms with Gasteiger partial charge < -0.3 is 53.5 Å². The van der Waals surface area contributed by atoms with Gasteiger partial charge in [0.2, 0.25) is 0 Å². The van der Waals surface area contributed by atoms with Crippen molar-refractivity contribution in [3.8, 4) is 0 Å². The molecule has 10 rings (SSSR count). The normalized spacial score (nSPS) is 52.4. The number of fused-ring (bicyclic) bond motifs is 6. The second-order valence-electron chi connectivity index (χ2n) is 17.4. The lowest BCUT2D eigenvalue weighted by atomic mass is 9.81. The van der Waals surface area contributed by atoms with E-state index in [2.05, 4.69) is 20.1 Å². The van der Waals surface area contributed by atoms with Crippen LogP contribution in [0.5, 0.6) is 0 Å². The molecule has 3 N–H and O–H groups in total. The fraction of sp³-hybridized carbons (Fsp3) is 0.875. The van der Waals surface area contributed by atoms with Gasteiger partial charge in [-0.1, -0.05) is 20.1 Å². The molecule has 52 heavy (non-hydrogen) atoms. The Hall–Kier alpha value is -1.29. The molecule has 1 spiro atoms. The first-order chi connectivity index (χ1) is 25.1. The van der Waals surface area contributed by atoms with E-state index in [0.717, 1.165) is 56.1 Å². The highest BCUT2D eigenvalue weighted by molar-refractivity contribution is 5.79. The van der Waals surface area contributed by atoms with Crippen molar-refractivity contribution >= 4 is 5.78 Å². The molecule has 0 amide bonds. The van der Waals surface area contributed by atoms with Gasteiger partial charge in [-0.05, 0) is 62.0 Å². The van der Waals surface area contributed by atoms with E-state index in [0.29, 0.717) is 25.7 Å². The van der Waals surface area contributed by atoms with Crippen molar-refractivity contribution in [3.05, 3.63) is 24.3 Å². The number of carbonyl (C=O) groups excluding carboxylic acids is 1. The molecule has 10 saturated heterocycles. The van der Waals surface area contributed by atoms with E-state index in [9.17, 15) is 9.90 Å². The summed E-state index contributed by atoms with van der Waals surface area (Å²) in [4.78, 5) is 14.1. The smallest absolute Gasteiger partial charge is 0.172 e. The van der Waals surface area contributed by atoms with E-state index in [1.807, 2.05) is 0 Å².